The molecule has 1 aromatic rings. The second kappa shape index (κ2) is 9.96. The number of hydrogen-bond donors (Lipinski definition) is 1. The van der Waals surface area contributed by atoms with Crippen molar-refractivity contribution in [3.8, 4) is 5.75 Å². The highest BCUT2D eigenvalue weighted by Crippen LogP contribution is 2.29. The number of nitrogens with one attached hydrogen (secondary N) is 1. The number of anilines is 1. The number of amides is 1. The van der Waals surface area contributed by atoms with Gasteiger partial charge in [0, 0.05) is 12.3 Å². The first-order valence-electron chi connectivity index (χ1n) is 10.2. The molecule has 0 heterocycles. The fourth-order valence-electron chi connectivity index (χ4n) is 3.40. The fourth-order valence-corrected chi connectivity index (χ4v) is 3.40. The first-order chi connectivity index (χ1) is 12.5. The predicted molar refractivity (Wildman–Crippen MR) is 107 cm³/mol. The minimum absolute atomic E-state index is 0.0664. The van der Waals surface area contributed by atoms with Crippen LogP contribution in [0, 0.1) is 6.92 Å². The maximum Gasteiger partial charge on any atom is 0.256 e. The highest BCUT2D eigenvalue weighted by Gasteiger charge is 2.33. The normalized spacial score (nSPS) is 17.1. The lowest BCUT2D eigenvalue weighted by atomic mass is 9.97. The Hall–Kier alpha value is -1.55. The van der Waals surface area contributed by atoms with Gasteiger partial charge in [0.05, 0.1) is 6.10 Å². The fraction of sp³-hybridized carbons (Fsp3) is 0.682. The lowest BCUT2D eigenvalue weighted by Crippen LogP contribution is -2.43. The number of aryl methyl sites for hydroxylation is 1. The van der Waals surface area contributed by atoms with Crippen LogP contribution in [0.5, 0.6) is 5.75 Å². The standard InChI is InChI=1S/C22H35NO3/c1-5-7-14-22(4,25-15-6-2)21(24)23-18-12-13-20(17(3)16-18)26-19-10-8-9-11-19/h12-13,16,19H,5-11,14-15H2,1-4H3,(H,23,24)/t22-/m0/s1. The van der Waals surface area contributed by atoms with Gasteiger partial charge in [-0.2, -0.15) is 0 Å². The van der Waals surface area contributed by atoms with Crippen molar-refractivity contribution >= 4 is 11.6 Å². The Labute approximate surface area is 158 Å². The lowest BCUT2D eigenvalue weighted by molar-refractivity contribution is -0.140. The topological polar surface area (TPSA) is 47.6 Å². The van der Waals surface area contributed by atoms with Crippen molar-refractivity contribution in [2.24, 2.45) is 0 Å². The van der Waals surface area contributed by atoms with Gasteiger partial charge in [0.25, 0.3) is 5.91 Å². The Balaban J connectivity index is 2.02. The summed E-state index contributed by atoms with van der Waals surface area (Å²) in [6.45, 7) is 8.72. The summed E-state index contributed by atoms with van der Waals surface area (Å²) in [4.78, 5) is 12.9. The molecule has 1 aliphatic rings. The summed E-state index contributed by atoms with van der Waals surface area (Å²) in [5.74, 6) is 0.856. The zero-order chi connectivity index (χ0) is 19.0. The molecule has 0 radical (unpaired) electrons. The number of carbonyl (C=O) groups excluding carboxylic acids is 1. The second-order valence-corrected chi connectivity index (χ2v) is 7.64. The quantitative estimate of drug-likeness (QED) is 0.587. The smallest absolute Gasteiger partial charge is 0.256 e. The molecule has 0 unspecified atom stereocenters. The van der Waals surface area contributed by atoms with Crippen LogP contribution in [0.3, 0.4) is 0 Å². The minimum atomic E-state index is -0.779. The molecular formula is C22H35NO3. The molecule has 1 amide bonds. The molecule has 1 atom stereocenters. The average molecular weight is 362 g/mol. The van der Waals surface area contributed by atoms with E-state index in [2.05, 4.69) is 19.2 Å². The molecule has 1 saturated carbocycles. The van der Waals surface area contributed by atoms with Crippen LogP contribution in [0.4, 0.5) is 5.69 Å². The van der Waals surface area contributed by atoms with Gasteiger partial charge < -0.3 is 14.8 Å². The van der Waals surface area contributed by atoms with Gasteiger partial charge in [0.2, 0.25) is 0 Å². The average Bonchev–Trinajstić information content (AvgIpc) is 3.13. The van der Waals surface area contributed by atoms with Gasteiger partial charge >= 0.3 is 0 Å². The van der Waals surface area contributed by atoms with E-state index in [0.717, 1.165) is 55.5 Å². The monoisotopic (exact) mass is 361 g/mol. The molecule has 0 aliphatic heterocycles. The zero-order valence-corrected chi connectivity index (χ0v) is 16.9. The maximum atomic E-state index is 12.9. The highest BCUT2D eigenvalue weighted by atomic mass is 16.5. The molecule has 1 aromatic carbocycles. The summed E-state index contributed by atoms with van der Waals surface area (Å²) < 4.78 is 12.0. The van der Waals surface area contributed by atoms with Crippen molar-refractivity contribution in [2.75, 3.05) is 11.9 Å². The third-order valence-corrected chi connectivity index (χ3v) is 5.14. The molecule has 1 fully saturated rings. The summed E-state index contributed by atoms with van der Waals surface area (Å²) in [7, 11) is 0. The van der Waals surface area contributed by atoms with Gasteiger partial charge in [-0.1, -0.05) is 26.7 Å². The molecule has 0 bridgehead atoms. The molecule has 2 rings (SSSR count). The molecule has 26 heavy (non-hydrogen) atoms. The molecule has 4 heteroatoms. The van der Waals surface area contributed by atoms with Gasteiger partial charge in [-0.05, 0) is 76.1 Å². The van der Waals surface area contributed by atoms with Gasteiger partial charge in [0.1, 0.15) is 11.4 Å². The van der Waals surface area contributed by atoms with Crippen LogP contribution in [-0.2, 0) is 9.53 Å². The Bertz CT molecular complexity index is 571. The molecule has 1 aliphatic carbocycles. The first kappa shape index (κ1) is 20.8. The number of carbonyl (C=O) groups is 1. The van der Waals surface area contributed by atoms with Gasteiger partial charge in [-0.3, -0.25) is 4.79 Å². The highest BCUT2D eigenvalue weighted by molar-refractivity contribution is 5.97. The van der Waals surface area contributed by atoms with E-state index in [4.69, 9.17) is 9.47 Å². The van der Waals surface area contributed by atoms with E-state index in [1.807, 2.05) is 32.0 Å². The van der Waals surface area contributed by atoms with E-state index in [1.165, 1.54) is 12.8 Å². The van der Waals surface area contributed by atoms with Crippen molar-refractivity contribution in [3.63, 3.8) is 0 Å². The van der Waals surface area contributed by atoms with Crippen molar-refractivity contribution in [2.45, 2.75) is 90.8 Å². The Morgan fingerprint density at radius 3 is 2.58 bits per heavy atom. The van der Waals surface area contributed by atoms with Crippen LogP contribution in [0.2, 0.25) is 0 Å². The van der Waals surface area contributed by atoms with Crippen molar-refractivity contribution in [3.05, 3.63) is 23.8 Å². The Morgan fingerprint density at radius 2 is 1.96 bits per heavy atom. The summed E-state index contributed by atoms with van der Waals surface area (Å²) in [5, 5.41) is 3.04. The van der Waals surface area contributed by atoms with Crippen LogP contribution in [0.1, 0.15) is 77.7 Å². The number of rotatable bonds is 10. The number of hydrogen-bond acceptors (Lipinski definition) is 3. The molecule has 1 N–H and O–H groups in total. The third-order valence-electron chi connectivity index (χ3n) is 5.14. The molecule has 0 aromatic heterocycles. The van der Waals surface area contributed by atoms with Crippen molar-refractivity contribution in [1.82, 2.24) is 0 Å². The van der Waals surface area contributed by atoms with E-state index in [9.17, 15) is 4.79 Å². The van der Waals surface area contributed by atoms with Crippen LogP contribution < -0.4 is 10.1 Å². The van der Waals surface area contributed by atoms with E-state index in [-0.39, 0.29) is 5.91 Å². The molecular weight excluding hydrogens is 326 g/mol. The first-order valence-corrected chi connectivity index (χ1v) is 10.2. The summed E-state index contributed by atoms with van der Waals surface area (Å²) in [6, 6.07) is 5.89. The SMILES string of the molecule is CCCC[C@](C)(OCCC)C(=O)Nc1ccc(OC2CCCC2)c(C)c1. The Kier molecular flexibility index (Phi) is 7.95. The second-order valence-electron chi connectivity index (χ2n) is 7.64. The van der Waals surface area contributed by atoms with Gasteiger partial charge in [-0.25, -0.2) is 0 Å². The van der Waals surface area contributed by atoms with Gasteiger partial charge in [-0.15, -0.1) is 0 Å². The summed E-state index contributed by atoms with van der Waals surface area (Å²) in [6.07, 6.45) is 8.79. The predicted octanol–water partition coefficient (Wildman–Crippen LogP) is 5.63. The zero-order valence-electron chi connectivity index (χ0n) is 16.9. The molecule has 4 nitrogen and oxygen atoms in total. The van der Waals surface area contributed by atoms with Crippen LogP contribution >= 0.6 is 0 Å². The van der Waals surface area contributed by atoms with Crippen molar-refractivity contribution < 1.29 is 14.3 Å². The molecule has 0 saturated heterocycles. The van der Waals surface area contributed by atoms with Crippen molar-refractivity contribution in [1.29, 1.82) is 0 Å². The third kappa shape index (κ3) is 5.73. The summed E-state index contributed by atoms with van der Waals surface area (Å²) >= 11 is 0. The van der Waals surface area contributed by atoms with E-state index >= 15 is 0 Å². The van der Waals surface area contributed by atoms with E-state index < -0.39 is 5.60 Å². The van der Waals surface area contributed by atoms with Crippen LogP contribution in [0.15, 0.2) is 18.2 Å². The largest absolute Gasteiger partial charge is 0.490 e. The number of benzene rings is 1. The van der Waals surface area contributed by atoms with Crippen LogP contribution in [-0.4, -0.2) is 24.2 Å². The summed E-state index contributed by atoms with van der Waals surface area (Å²) in [5.41, 5.74) is 1.08. The minimum Gasteiger partial charge on any atom is -0.490 e. The molecule has 0 spiro atoms. The number of ether oxygens (including phenoxy) is 2. The number of unbranched alkanes of at least 4 members (excludes halogenated alkanes) is 1. The molecule has 146 valence electrons. The lowest BCUT2D eigenvalue weighted by Gasteiger charge is -2.28. The van der Waals surface area contributed by atoms with E-state index in [1.54, 1.807) is 0 Å². The van der Waals surface area contributed by atoms with Gasteiger partial charge in [0.15, 0.2) is 0 Å². The maximum absolute atomic E-state index is 12.9. The Morgan fingerprint density at radius 1 is 1.23 bits per heavy atom. The van der Waals surface area contributed by atoms with E-state index in [0.29, 0.717) is 12.7 Å². The van der Waals surface area contributed by atoms with Crippen LogP contribution in [0.25, 0.3) is 0 Å².